The van der Waals surface area contributed by atoms with Crippen molar-refractivity contribution in [2.24, 2.45) is 0 Å². The lowest BCUT2D eigenvalue weighted by Gasteiger charge is -2.35. The highest BCUT2D eigenvalue weighted by Gasteiger charge is 2.49. The number of fused-ring (bicyclic) bond motifs is 15. The SMILES string of the molecule is c1ccc(-c2ccccc2-c2nc(-c3ccc4c(c3)-c3ccccc3-c3ccccc3C43c4ccccc4-c4ccccc43)cc(-c3ccc4oc5ccccc5c4c3)n2)cc1. The van der Waals surface area contributed by atoms with Gasteiger partial charge in [-0.25, -0.2) is 9.97 Å². The molecule has 3 heteroatoms. The minimum atomic E-state index is -0.546. The van der Waals surface area contributed by atoms with E-state index in [-0.39, 0.29) is 0 Å². The van der Waals surface area contributed by atoms with Gasteiger partial charge in [0.15, 0.2) is 5.82 Å². The van der Waals surface area contributed by atoms with Crippen LogP contribution < -0.4 is 0 Å². The molecule has 0 saturated carbocycles. The zero-order valence-electron chi connectivity index (χ0n) is 33.6. The van der Waals surface area contributed by atoms with Gasteiger partial charge in [-0.3, -0.25) is 0 Å². The largest absolute Gasteiger partial charge is 0.456 e. The molecule has 9 aromatic carbocycles. The highest BCUT2D eigenvalue weighted by atomic mass is 16.3. The van der Waals surface area contributed by atoms with Gasteiger partial charge in [-0.1, -0.05) is 182 Å². The summed E-state index contributed by atoms with van der Waals surface area (Å²) in [6.07, 6.45) is 0. The number of rotatable bonds is 4. The molecule has 0 fully saturated rings. The lowest BCUT2D eigenvalue weighted by molar-refractivity contribution is 0.669. The Morgan fingerprint density at radius 2 is 0.758 bits per heavy atom. The molecule has 2 heterocycles. The number of nitrogens with zero attached hydrogens (tertiary/aromatic N) is 2. The maximum Gasteiger partial charge on any atom is 0.161 e. The van der Waals surface area contributed by atoms with E-state index in [1.165, 1.54) is 55.6 Å². The van der Waals surface area contributed by atoms with Crippen molar-refractivity contribution in [1.29, 1.82) is 0 Å². The number of hydrogen-bond donors (Lipinski definition) is 0. The van der Waals surface area contributed by atoms with E-state index in [2.05, 4.69) is 206 Å². The van der Waals surface area contributed by atoms with Crippen LogP contribution in [0.1, 0.15) is 22.3 Å². The molecule has 0 radical (unpaired) electrons. The monoisotopic (exact) mass is 788 g/mol. The Labute approximate surface area is 359 Å². The van der Waals surface area contributed by atoms with E-state index < -0.39 is 5.41 Å². The van der Waals surface area contributed by atoms with Crippen LogP contribution in [0.15, 0.2) is 223 Å². The first-order valence-corrected chi connectivity index (χ1v) is 21.2. The van der Waals surface area contributed by atoms with E-state index in [0.29, 0.717) is 5.82 Å². The third-order valence-corrected chi connectivity index (χ3v) is 13.2. The Bertz CT molecular complexity index is 3550. The molecule has 0 saturated heterocycles. The molecule has 0 bridgehead atoms. The lowest BCUT2D eigenvalue weighted by atomic mass is 9.66. The van der Waals surface area contributed by atoms with Crippen molar-refractivity contribution in [1.82, 2.24) is 9.97 Å². The summed E-state index contributed by atoms with van der Waals surface area (Å²) in [5, 5.41) is 2.15. The second-order valence-corrected chi connectivity index (χ2v) is 16.4. The van der Waals surface area contributed by atoms with Gasteiger partial charge >= 0.3 is 0 Å². The number of furan rings is 1. The Hall–Kier alpha value is -8.14. The summed E-state index contributed by atoms with van der Waals surface area (Å²) in [4.78, 5) is 10.9. The van der Waals surface area contributed by atoms with Crippen molar-refractivity contribution in [3.8, 4) is 78.4 Å². The van der Waals surface area contributed by atoms with E-state index in [4.69, 9.17) is 14.4 Å². The van der Waals surface area contributed by atoms with Crippen LogP contribution in [0.5, 0.6) is 0 Å². The Kier molecular flexibility index (Phi) is 7.52. The topological polar surface area (TPSA) is 38.9 Å². The average Bonchev–Trinajstić information content (AvgIpc) is 3.84. The molecule has 3 nitrogen and oxygen atoms in total. The van der Waals surface area contributed by atoms with Crippen LogP contribution in [-0.2, 0) is 5.41 Å². The molecule has 0 atom stereocenters. The lowest BCUT2D eigenvalue weighted by Crippen LogP contribution is -2.29. The number of aromatic nitrogens is 2. The highest BCUT2D eigenvalue weighted by Crippen LogP contribution is 2.61. The smallest absolute Gasteiger partial charge is 0.161 e. The van der Waals surface area contributed by atoms with Crippen molar-refractivity contribution in [2.75, 3.05) is 0 Å². The van der Waals surface area contributed by atoms with Gasteiger partial charge in [-0.05, 0) is 103 Å². The predicted molar refractivity (Wildman–Crippen MR) is 253 cm³/mol. The fraction of sp³-hybridized carbons (Fsp3) is 0.0169. The Morgan fingerprint density at radius 3 is 1.44 bits per heavy atom. The molecule has 2 aliphatic rings. The number of para-hydroxylation sites is 1. The van der Waals surface area contributed by atoms with Crippen LogP contribution in [0.2, 0.25) is 0 Å². The Morgan fingerprint density at radius 1 is 0.290 bits per heavy atom. The molecule has 0 N–H and O–H groups in total. The molecule has 0 unspecified atom stereocenters. The third-order valence-electron chi connectivity index (χ3n) is 13.2. The van der Waals surface area contributed by atoms with Crippen LogP contribution in [-0.4, -0.2) is 9.97 Å². The molecule has 62 heavy (non-hydrogen) atoms. The summed E-state index contributed by atoms with van der Waals surface area (Å²) in [6.45, 7) is 0. The molecule has 0 aliphatic heterocycles. The second-order valence-electron chi connectivity index (χ2n) is 16.4. The van der Waals surface area contributed by atoms with Crippen molar-refractivity contribution >= 4 is 21.9 Å². The normalized spacial score (nSPS) is 13.0. The first kappa shape index (κ1) is 34.7. The van der Waals surface area contributed by atoms with Crippen LogP contribution in [0.3, 0.4) is 0 Å². The molecule has 11 aromatic rings. The second kappa shape index (κ2) is 13.4. The molecule has 2 aromatic heterocycles. The van der Waals surface area contributed by atoms with Crippen LogP contribution in [0.4, 0.5) is 0 Å². The Balaban J connectivity index is 1.09. The molecule has 288 valence electrons. The quantitative estimate of drug-likeness (QED) is 0.178. The zero-order valence-corrected chi connectivity index (χ0v) is 33.6. The highest BCUT2D eigenvalue weighted by molar-refractivity contribution is 6.06. The summed E-state index contributed by atoms with van der Waals surface area (Å²) in [7, 11) is 0. The van der Waals surface area contributed by atoms with Gasteiger partial charge in [0.1, 0.15) is 11.2 Å². The first-order valence-electron chi connectivity index (χ1n) is 21.2. The minimum Gasteiger partial charge on any atom is -0.456 e. The average molecular weight is 789 g/mol. The van der Waals surface area contributed by atoms with Crippen molar-refractivity contribution in [3.63, 3.8) is 0 Å². The summed E-state index contributed by atoms with van der Waals surface area (Å²) >= 11 is 0. The summed E-state index contributed by atoms with van der Waals surface area (Å²) in [5.74, 6) is 0.673. The molecular weight excluding hydrogens is 753 g/mol. The summed E-state index contributed by atoms with van der Waals surface area (Å²) in [5.41, 5.74) is 20.7. The molecule has 1 spiro atoms. The number of benzene rings is 9. The minimum absolute atomic E-state index is 0.546. The molecule has 0 amide bonds. The fourth-order valence-electron chi connectivity index (χ4n) is 10.5. The van der Waals surface area contributed by atoms with Crippen LogP contribution in [0, 0.1) is 0 Å². The molecule has 2 aliphatic carbocycles. The van der Waals surface area contributed by atoms with E-state index in [1.54, 1.807) is 0 Å². The standard InChI is InChI=1S/C59H36N2O/c1-2-16-37(17-3-1)40-18-4-7-25-47(40)58-60-54(36-55(61-58)39-31-33-57-49(35-39)46-24-11-15-29-56(46)62-57)38-30-32-53-48(34-38)42-20-6-5-19-41(42)43-21-8-12-26-50(43)59(53)51-27-13-9-22-44(51)45-23-10-14-28-52(45)59/h1-36H. The van der Waals surface area contributed by atoms with Gasteiger partial charge in [0.2, 0.25) is 0 Å². The van der Waals surface area contributed by atoms with E-state index >= 15 is 0 Å². The molecule has 13 rings (SSSR count). The third kappa shape index (κ3) is 5.00. The van der Waals surface area contributed by atoms with E-state index in [1.807, 2.05) is 12.1 Å². The van der Waals surface area contributed by atoms with Gasteiger partial charge in [-0.2, -0.15) is 0 Å². The summed E-state index contributed by atoms with van der Waals surface area (Å²) < 4.78 is 6.26. The van der Waals surface area contributed by atoms with Gasteiger partial charge in [-0.15, -0.1) is 0 Å². The molecular formula is C59H36N2O. The predicted octanol–water partition coefficient (Wildman–Crippen LogP) is 15.1. The van der Waals surface area contributed by atoms with Crippen molar-refractivity contribution < 1.29 is 4.42 Å². The van der Waals surface area contributed by atoms with Gasteiger partial charge in [0.05, 0.1) is 16.8 Å². The zero-order chi connectivity index (χ0) is 40.8. The van der Waals surface area contributed by atoms with Crippen LogP contribution in [0.25, 0.3) is 100 Å². The van der Waals surface area contributed by atoms with Crippen LogP contribution >= 0.6 is 0 Å². The number of hydrogen-bond acceptors (Lipinski definition) is 3. The van der Waals surface area contributed by atoms with Crippen molar-refractivity contribution in [3.05, 3.63) is 241 Å². The van der Waals surface area contributed by atoms with Gasteiger partial charge in [0.25, 0.3) is 0 Å². The van der Waals surface area contributed by atoms with E-state index in [0.717, 1.165) is 61.1 Å². The fourth-order valence-corrected chi connectivity index (χ4v) is 10.5. The summed E-state index contributed by atoms with van der Waals surface area (Å²) in [6, 6.07) is 78.8. The van der Waals surface area contributed by atoms with Crippen molar-refractivity contribution in [2.45, 2.75) is 5.41 Å². The first-order chi connectivity index (χ1) is 30.7. The van der Waals surface area contributed by atoms with Gasteiger partial charge in [0, 0.05) is 27.5 Å². The maximum atomic E-state index is 6.26. The maximum absolute atomic E-state index is 6.26. The van der Waals surface area contributed by atoms with Gasteiger partial charge < -0.3 is 4.42 Å². The van der Waals surface area contributed by atoms with E-state index in [9.17, 15) is 0 Å².